The number of thiophene rings is 1. The van der Waals surface area contributed by atoms with Crippen molar-refractivity contribution in [3.8, 4) is 0 Å². The van der Waals surface area contributed by atoms with Gasteiger partial charge in [-0.3, -0.25) is 4.79 Å². The monoisotopic (exact) mass is 420 g/mol. The van der Waals surface area contributed by atoms with E-state index in [4.69, 9.17) is 34.8 Å². The lowest BCUT2D eigenvalue weighted by Gasteiger charge is -2.09. The molecule has 1 aromatic heterocycles. The molecular formula is C16H11Cl3OS3. The summed E-state index contributed by atoms with van der Waals surface area (Å²) in [6.07, 6.45) is 8.16. The van der Waals surface area contributed by atoms with Gasteiger partial charge in [-0.1, -0.05) is 47.0 Å². The highest BCUT2D eigenvalue weighted by Crippen LogP contribution is 2.43. The molecule has 0 spiro atoms. The SMILES string of the molecule is CSc1sc(C(=O)Sc2c(Cl)cc(Cl)cc2Cl)c2c1C=CCC2. The molecule has 1 aliphatic rings. The summed E-state index contributed by atoms with van der Waals surface area (Å²) in [5, 5.41) is 1.24. The number of hydrogen-bond donors (Lipinski definition) is 0. The standard InChI is InChI=1S/C16H11Cl3OS3/c1-21-16-10-5-3-2-4-9(10)13(23-16)15(20)22-14-11(18)6-8(17)7-12(14)19/h3,5-7H,2,4H2,1H3. The van der Waals surface area contributed by atoms with Gasteiger partial charge < -0.3 is 0 Å². The summed E-state index contributed by atoms with van der Waals surface area (Å²) in [5.41, 5.74) is 2.33. The summed E-state index contributed by atoms with van der Waals surface area (Å²) < 4.78 is 1.17. The Kier molecular flexibility index (Phi) is 5.72. The normalized spacial score (nSPS) is 13.2. The lowest BCUT2D eigenvalue weighted by Crippen LogP contribution is -1.99. The Morgan fingerprint density at radius 3 is 2.57 bits per heavy atom. The van der Waals surface area contributed by atoms with Crippen LogP contribution in [-0.4, -0.2) is 11.4 Å². The van der Waals surface area contributed by atoms with E-state index in [-0.39, 0.29) is 5.12 Å². The van der Waals surface area contributed by atoms with Crippen LogP contribution in [0, 0.1) is 0 Å². The molecular weight excluding hydrogens is 411 g/mol. The number of fused-ring (bicyclic) bond motifs is 1. The number of carbonyl (C=O) groups excluding carboxylic acids is 1. The van der Waals surface area contributed by atoms with Crippen molar-refractivity contribution in [2.75, 3.05) is 6.26 Å². The van der Waals surface area contributed by atoms with E-state index in [1.165, 1.54) is 9.77 Å². The van der Waals surface area contributed by atoms with E-state index in [2.05, 4.69) is 12.2 Å². The molecule has 1 heterocycles. The van der Waals surface area contributed by atoms with E-state index < -0.39 is 0 Å². The molecule has 1 nitrogen and oxygen atoms in total. The molecule has 0 saturated heterocycles. The maximum absolute atomic E-state index is 12.8. The minimum atomic E-state index is -0.0204. The smallest absolute Gasteiger partial charge is 0.234 e. The van der Waals surface area contributed by atoms with E-state index in [1.807, 2.05) is 6.26 Å². The van der Waals surface area contributed by atoms with Crippen molar-refractivity contribution in [2.45, 2.75) is 21.9 Å². The molecule has 0 unspecified atom stereocenters. The number of thioether (sulfide) groups is 2. The third-order valence-corrected chi connectivity index (χ3v) is 7.97. The Morgan fingerprint density at radius 2 is 1.91 bits per heavy atom. The Labute approximate surface area is 162 Å². The largest absolute Gasteiger partial charge is 0.280 e. The van der Waals surface area contributed by atoms with Crippen LogP contribution in [0.3, 0.4) is 0 Å². The predicted octanol–water partition coefficient (Wildman–Crippen LogP) is 7.32. The van der Waals surface area contributed by atoms with Crippen LogP contribution in [0.4, 0.5) is 0 Å². The van der Waals surface area contributed by atoms with Gasteiger partial charge in [-0.15, -0.1) is 23.1 Å². The fourth-order valence-electron chi connectivity index (χ4n) is 2.38. The molecule has 0 amide bonds. The number of benzene rings is 1. The van der Waals surface area contributed by atoms with Gasteiger partial charge in [0.15, 0.2) is 0 Å². The van der Waals surface area contributed by atoms with E-state index >= 15 is 0 Å². The third kappa shape index (κ3) is 3.63. The van der Waals surface area contributed by atoms with Crippen LogP contribution in [-0.2, 0) is 6.42 Å². The molecule has 7 heteroatoms. The summed E-state index contributed by atoms with van der Waals surface area (Å²) in [6, 6.07) is 3.20. The van der Waals surface area contributed by atoms with Gasteiger partial charge in [0.1, 0.15) is 0 Å². The van der Waals surface area contributed by atoms with Gasteiger partial charge in [-0.2, -0.15) is 0 Å². The second-order valence-corrected chi connectivity index (χ2v) is 9.17. The first-order chi connectivity index (χ1) is 11.0. The molecule has 0 atom stereocenters. The Hall–Kier alpha value is -0.100. The van der Waals surface area contributed by atoms with Crippen LogP contribution in [0.2, 0.25) is 15.1 Å². The third-order valence-electron chi connectivity index (χ3n) is 3.39. The van der Waals surface area contributed by atoms with Gasteiger partial charge in [0.25, 0.3) is 0 Å². The van der Waals surface area contributed by atoms with E-state index in [0.29, 0.717) is 20.0 Å². The molecule has 0 radical (unpaired) electrons. The van der Waals surface area contributed by atoms with E-state index in [1.54, 1.807) is 35.2 Å². The van der Waals surface area contributed by atoms with Gasteiger partial charge >= 0.3 is 0 Å². The van der Waals surface area contributed by atoms with Crippen molar-refractivity contribution < 1.29 is 4.79 Å². The zero-order valence-corrected chi connectivity index (χ0v) is 16.7. The van der Waals surface area contributed by atoms with Gasteiger partial charge in [0.05, 0.1) is 24.0 Å². The van der Waals surface area contributed by atoms with E-state index in [9.17, 15) is 4.79 Å². The van der Waals surface area contributed by atoms with Crippen LogP contribution in [0.5, 0.6) is 0 Å². The summed E-state index contributed by atoms with van der Waals surface area (Å²) in [6.45, 7) is 0. The van der Waals surface area contributed by atoms with Crippen LogP contribution in [0.15, 0.2) is 27.3 Å². The summed E-state index contributed by atoms with van der Waals surface area (Å²) in [4.78, 5) is 14.1. The Morgan fingerprint density at radius 1 is 1.22 bits per heavy atom. The van der Waals surface area contributed by atoms with Crippen LogP contribution in [0.1, 0.15) is 27.2 Å². The van der Waals surface area contributed by atoms with Crippen molar-refractivity contribution in [1.29, 1.82) is 0 Å². The number of allylic oxidation sites excluding steroid dienone is 1. The lowest BCUT2D eigenvalue weighted by atomic mass is 10.0. The molecule has 2 aromatic rings. The van der Waals surface area contributed by atoms with Gasteiger partial charge in [0.2, 0.25) is 5.12 Å². The van der Waals surface area contributed by atoms with Gasteiger partial charge in [-0.05, 0) is 48.6 Å². The van der Waals surface area contributed by atoms with Gasteiger partial charge in [-0.25, -0.2) is 0 Å². The zero-order valence-electron chi connectivity index (χ0n) is 12.0. The van der Waals surface area contributed by atoms with Crippen molar-refractivity contribution in [2.24, 2.45) is 0 Å². The minimum Gasteiger partial charge on any atom is -0.280 e. The fourth-order valence-corrected chi connectivity index (χ4v) is 6.29. The maximum Gasteiger partial charge on any atom is 0.234 e. The van der Waals surface area contributed by atoms with Crippen molar-refractivity contribution >= 4 is 80.9 Å². The second-order valence-electron chi connectivity index (χ2n) is 4.84. The number of halogens is 3. The highest BCUT2D eigenvalue weighted by atomic mass is 35.5. The van der Waals surface area contributed by atoms with Crippen LogP contribution >= 0.6 is 69.7 Å². The minimum absolute atomic E-state index is 0.0204. The molecule has 23 heavy (non-hydrogen) atoms. The van der Waals surface area contributed by atoms with Crippen molar-refractivity contribution in [1.82, 2.24) is 0 Å². The zero-order chi connectivity index (χ0) is 16.6. The number of rotatable bonds is 3. The molecule has 0 aliphatic heterocycles. The van der Waals surface area contributed by atoms with Gasteiger partial charge in [0, 0.05) is 10.6 Å². The maximum atomic E-state index is 12.8. The molecule has 0 bridgehead atoms. The molecule has 1 aliphatic carbocycles. The first-order valence-electron chi connectivity index (χ1n) is 6.74. The first kappa shape index (κ1) is 17.7. The molecule has 0 saturated carbocycles. The number of carbonyl (C=O) groups is 1. The average Bonchev–Trinajstić information content (AvgIpc) is 2.89. The number of hydrogen-bond acceptors (Lipinski definition) is 4. The highest BCUT2D eigenvalue weighted by Gasteiger charge is 2.24. The molecule has 0 N–H and O–H groups in total. The quantitative estimate of drug-likeness (QED) is 0.483. The van der Waals surface area contributed by atoms with Crippen molar-refractivity contribution in [3.05, 3.63) is 49.3 Å². The topological polar surface area (TPSA) is 17.1 Å². The molecule has 1 aromatic carbocycles. The lowest BCUT2D eigenvalue weighted by molar-refractivity contribution is 0.109. The second kappa shape index (κ2) is 7.42. The van der Waals surface area contributed by atoms with E-state index in [0.717, 1.165) is 35.0 Å². The summed E-state index contributed by atoms with van der Waals surface area (Å²) in [7, 11) is 0. The Bertz CT molecular complexity index is 788. The molecule has 120 valence electrons. The van der Waals surface area contributed by atoms with Crippen LogP contribution < -0.4 is 0 Å². The van der Waals surface area contributed by atoms with Crippen LogP contribution in [0.25, 0.3) is 6.08 Å². The Balaban J connectivity index is 1.96. The van der Waals surface area contributed by atoms with Crippen molar-refractivity contribution in [3.63, 3.8) is 0 Å². The highest BCUT2D eigenvalue weighted by molar-refractivity contribution is 8.14. The summed E-state index contributed by atoms with van der Waals surface area (Å²) in [5.74, 6) is 0. The summed E-state index contributed by atoms with van der Waals surface area (Å²) >= 11 is 22.6. The molecule has 3 rings (SSSR count). The molecule has 0 fully saturated rings. The average molecular weight is 422 g/mol. The predicted molar refractivity (Wildman–Crippen MR) is 105 cm³/mol. The fraction of sp³-hybridized carbons (Fsp3) is 0.188. The first-order valence-corrected chi connectivity index (χ1v) is 10.7.